The Bertz CT molecular complexity index is 599. The van der Waals surface area contributed by atoms with Gasteiger partial charge in [0, 0.05) is 24.3 Å². The lowest BCUT2D eigenvalue weighted by molar-refractivity contribution is 0.0775. The van der Waals surface area contributed by atoms with Gasteiger partial charge in [-0.2, -0.15) is 0 Å². The maximum atomic E-state index is 12.2. The second-order valence-electron chi connectivity index (χ2n) is 5.42. The quantitative estimate of drug-likeness (QED) is 0.903. The molecule has 1 amide bonds. The predicted octanol–water partition coefficient (Wildman–Crippen LogP) is 1.15. The van der Waals surface area contributed by atoms with Crippen LogP contribution in [0.25, 0.3) is 0 Å². The zero-order valence-corrected chi connectivity index (χ0v) is 11.5. The molecule has 0 radical (unpaired) electrons. The summed E-state index contributed by atoms with van der Waals surface area (Å²) in [7, 11) is -3.27. The number of carbonyl (C=O) groups is 1. The van der Waals surface area contributed by atoms with E-state index in [0.29, 0.717) is 11.3 Å². The summed E-state index contributed by atoms with van der Waals surface area (Å²) in [5.41, 5.74) is 1.09. The fraction of sp³-hybridized carbons (Fsp3) is 0.462. The average Bonchev–Trinajstić information content (AvgIpc) is 2.94. The Hall–Kier alpha value is -1.56. The van der Waals surface area contributed by atoms with Gasteiger partial charge in [-0.3, -0.25) is 9.52 Å². The van der Waals surface area contributed by atoms with Gasteiger partial charge in [-0.25, -0.2) is 8.42 Å². The molecule has 1 saturated carbocycles. The van der Waals surface area contributed by atoms with E-state index < -0.39 is 10.0 Å². The number of carbonyl (C=O) groups excluding carboxylic acids is 1. The molecule has 5 nitrogen and oxygen atoms in total. The third-order valence-corrected chi connectivity index (χ3v) is 4.31. The van der Waals surface area contributed by atoms with Gasteiger partial charge in [0.1, 0.15) is 0 Å². The number of sulfonamides is 1. The molecule has 0 aromatic heterocycles. The molecule has 2 fully saturated rings. The second kappa shape index (κ2) is 4.23. The van der Waals surface area contributed by atoms with Crippen molar-refractivity contribution in [3.63, 3.8) is 0 Å². The van der Waals surface area contributed by atoms with E-state index in [1.54, 1.807) is 24.3 Å². The number of anilines is 1. The Morgan fingerprint density at radius 2 is 1.79 bits per heavy atom. The minimum Gasteiger partial charge on any atom is -0.338 e. The number of hydrogen-bond acceptors (Lipinski definition) is 3. The van der Waals surface area contributed by atoms with Gasteiger partial charge in [-0.15, -0.1) is 0 Å². The van der Waals surface area contributed by atoms with Gasteiger partial charge < -0.3 is 4.90 Å². The summed E-state index contributed by atoms with van der Waals surface area (Å²) < 4.78 is 24.5. The number of nitrogens with one attached hydrogen (secondary N) is 1. The highest BCUT2D eigenvalue weighted by atomic mass is 32.2. The Kier molecular flexibility index (Phi) is 2.78. The van der Waals surface area contributed by atoms with Gasteiger partial charge in [0.2, 0.25) is 10.0 Å². The Morgan fingerprint density at radius 1 is 1.21 bits per heavy atom. The molecule has 1 saturated heterocycles. The first-order chi connectivity index (χ1) is 8.92. The van der Waals surface area contributed by atoms with Crippen LogP contribution in [0.5, 0.6) is 0 Å². The van der Waals surface area contributed by atoms with Crippen LogP contribution >= 0.6 is 0 Å². The van der Waals surface area contributed by atoms with Crippen LogP contribution in [0.4, 0.5) is 5.69 Å². The lowest BCUT2D eigenvalue weighted by Gasteiger charge is -2.18. The van der Waals surface area contributed by atoms with Crippen LogP contribution < -0.4 is 4.72 Å². The molecule has 2 unspecified atom stereocenters. The first kappa shape index (κ1) is 12.5. The fourth-order valence-corrected chi connectivity index (χ4v) is 3.21. The monoisotopic (exact) mass is 280 g/mol. The van der Waals surface area contributed by atoms with Crippen molar-refractivity contribution in [2.75, 3.05) is 24.1 Å². The van der Waals surface area contributed by atoms with Crippen LogP contribution in [-0.4, -0.2) is 38.6 Å². The van der Waals surface area contributed by atoms with Crippen LogP contribution in [0.2, 0.25) is 0 Å². The van der Waals surface area contributed by atoms with Gasteiger partial charge in [-0.1, -0.05) is 0 Å². The van der Waals surface area contributed by atoms with Crippen molar-refractivity contribution in [1.29, 1.82) is 0 Å². The van der Waals surface area contributed by atoms with Crippen molar-refractivity contribution in [1.82, 2.24) is 4.90 Å². The summed E-state index contributed by atoms with van der Waals surface area (Å²) in [6.45, 7) is 1.74. The molecule has 0 spiro atoms. The molecule has 19 heavy (non-hydrogen) atoms. The van der Waals surface area contributed by atoms with Crippen LogP contribution in [-0.2, 0) is 10.0 Å². The fourth-order valence-electron chi connectivity index (χ4n) is 2.64. The van der Waals surface area contributed by atoms with Crippen molar-refractivity contribution in [3.05, 3.63) is 29.8 Å². The van der Waals surface area contributed by atoms with Crippen molar-refractivity contribution >= 4 is 21.6 Å². The van der Waals surface area contributed by atoms with Gasteiger partial charge >= 0.3 is 0 Å². The van der Waals surface area contributed by atoms with Gasteiger partial charge in [0.05, 0.1) is 6.26 Å². The van der Waals surface area contributed by atoms with Crippen LogP contribution in [0, 0.1) is 11.8 Å². The normalized spacial score (nSPS) is 25.0. The van der Waals surface area contributed by atoms with E-state index in [0.717, 1.165) is 31.2 Å². The Balaban J connectivity index is 1.70. The minimum atomic E-state index is -3.27. The number of benzene rings is 1. The van der Waals surface area contributed by atoms with Crippen molar-refractivity contribution < 1.29 is 13.2 Å². The maximum Gasteiger partial charge on any atom is 0.253 e. The minimum absolute atomic E-state index is 0.0399. The van der Waals surface area contributed by atoms with Gasteiger partial charge in [-0.05, 0) is 42.5 Å². The SMILES string of the molecule is CS(=O)(=O)Nc1ccc(C(=O)N2CC3CC3C2)cc1. The molecule has 1 heterocycles. The largest absolute Gasteiger partial charge is 0.338 e. The Morgan fingerprint density at radius 3 is 2.32 bits per heavy atom. The maximum absolute atomic E-state index is 12.2. The highest BCUT2D eigenvalue weighted by Crippen LogP contribution is 2.45. The van der Waals surface area contributed by atoms with E-state index in [4.69, 9.17) is 0 Å². The number of likely N-dealkylation sites (tertiary alicyclic amines) is 1. The first-order valence-corrected chi connectivity index (χ1v) is 8.18. The molecule has 1 aliphatic carbocycles. The third kappa shape index (κ3) is 2.73. The van der Waals surface area contributed by atoms with E-state index >= 15 is 0 Å². The molecular weight excluding hydrogens is 264 g/mol. The van der Waals surface area contributed by atoms with Crippen LogP contribution in [0.1, 0.15) is 16.8 Å². The van der Waals surface area contributed by atoms with E-state index in [1.807, 2.05) is 4.90 Å². The van der Waals surface area contributed by atoms with Gasteiger partial charge in [0.15, 0.2) is 0 Å². The summed E-state index contributed by atoms with van der Waals surface area (Å²) in [4.78, 5) is 14.1. The molecule has 2 aliphatic rings. The highest BCUT2D eigenvalue weighted by molar-refractivity contribution is 7.92. The van der Waals surface area contributed by atoms with Crippen LogP contribution in [0.15, 0.2) is 24.3 Å². The Labute approximate surface area is 112 Å². The number of hydrogen-bond donors (Lipinski definition) is 1. The molecule has 0 bridgehead atoms. The summed E-state index contributed by atoms with van der Waals surface area (Å²) in [5, 5.41) is 0. The van der Waals surface area contributed by atoms with E-state index in [9.17, 15) is 13.2 Å². The molecule has 1 N–H and O–H groups in total. The summed E-state index contributed by atoms with van der Waals surface area (Å²) >= 11 is 0. The number of nitrogens with zero attached hydrogens (tertiary/aromatic N) is 1. The molecule has 6 heteroatoms. The summed E-state index contributed by atoms with van der Waals surface area (Å²) in [6, 6.07) is 6.57. The zero-order valence-electron chi connectivity index (χ0n) is 10.7. The molecule has 1 aliphatic heterocycles. The summed E-state index contributed by atoms with van der Waals surface area (Å²) in [6.07, 6.45) is 2.36. The van der Waals surface area contributed by atoms with E-state index in [-0.39, 0.29) is 5.91 Å². The van der Waals surface area contributed by atoms with Crippen molar-refractivity contribution in [2.45, 2.75) is 6.42 Å². The first-order valence-electron chi connectivity index (χ1n) is 6.29. The lowest BCUT2D eigenvalue weighted by atomic mass is 10.2. The van der Waals surface area contributed by atoms with Crippen LogP contribution in [0.3, 0.4) is 0 Å². The highest BCUT2D eigenvalue weighted by Gasteiger charge is 2.46. The predicted molar refractivity (Wildman–Crippen MR) is 72.4 cm³/mol. The number of amides is 1. The van der Waals surface area contributed by atoms with Crippen molar-refractivity contribution in [3.8, 4) is 0 Å². The second-order valence-corrected chi connectivity index (χ2v) is 7.17. The summed E-state index contributed by atoms with van der Waals surface area (Å²) in [5.74, 6) is 1.48. The van der Waals surface area contributed by atoms with E-state index in [1.165, 1.54) is 6.42 Å². The number of rotatable bonds is 3. The molecule has 1 aromatic rings. The molecule has 3 rings (SSSR count). The standard InChI is InChI=1S/C13H16N2O3S/c1-19(17,18)14-12-4-2-9(3-5-12)13(16)15-7-10-6-11(10)8-15/h2-5,10-11,14H,6-8H2,1H3. The third-order valence-electron chi connectivity index (χ3n) is 3.70. The average molecular weight is 280 g/mol. The van der Waals surface area contributed by atoms with Crippen molar-refractivity contribution in [2.24, 2.45) is 11.8 Å². The molecule has 102 valence electrons. The molecule has 1 aromatic carbocycles. The van der Waals surface area contributed by atoms with E-state index in [2.05, 4.69) is 4.72 Å². The van der Waals surface area contributed by atoms with Gasteiger partial charge in [0.25, 0.3) is 5.91 Å². The number of fused-ring (bicyclic) bond motifs is 1. The number of piperidine rings is 1. The molecular formula is C13H16N2O3S. The zero-order chi connectivity index (χ0) is 13.6. The topological polar surface area (TPSA) is 66.5 Å². The smallest absolute Gasteiger partial charge is 0.253 e. The molecule has 2 atom stereocenters. The lowest BCUT2D eigenvalue weighted by Crippen LogP contribution is -2.30.